The Morgan fingerprint density at radius 2 is 1.00 bits per heavy atom. The average molecular weight is 745 g/mol. The second-order valence-corrected chi connectivity index (χ2v) is 15.9. The van der Waals surface area contributed by atoms with Gasteiger partial charge in [0.1, 0.15) is 6.61 Å². The van der Waals surface area contributed by atoms with Crippen molar-refractivity contribution in [1.29, 1.82) is 0 Å². The smallest absolute Gasteiger partial charge is 0.306 e. The van der Waals surface area contributed by atoms with Crippen molar-refractivity contribution < 1.29 is 37.6 Å². The molecule has 0 radical (unpaired) electrons. The Morgan fingerprint density at radius 3 is 1.45 bits per heavy atom. The van der Waals surface area contributed by atoms with Crippen molar-refractivity contribution in [2.45, 2.75) is 200 Å². The summed E-state index contributed by atoms with van der Waals surface area (Å²) in [5.41, 5.74) is 0. The topological polar surface area (TPSA) is 114 Å². The van der Waals surface area contributed by atoms with Crippen LogP contribution in [0.25, 0.3) is 0 Å². The van der Waals surface area contributed by atoms with Crippen molar-refractivity contribution in [2.24, 2.45) is 0 Å². The minimum Gasteiger partial charge on any atom is -0.756 e. The highest BCUT2D eigenvalue weighted by atomic mass is 31.2. The Kier molecular flexibility index (Phi) is 36.2. The number of phosphoric ester groups is 1. The number of esters is 2. The molecular formula is C41H79NO8P-. The summed E-state index contributed by atoms with van der Waals surface area (Å²) < 4.78 is 33.0. The molecule has 9 nitrogen and oxygen atoms in total. The third-order valence-corrected chi connectivity index (χ3v) is 10.0. The lowest BCUT2D eigenvalue weighted by molar-refractivity contribution is -0.228. The molecule has 0 aromatic carbocycles. The van der Waals surface area contributed by atoms with Gasteiger partial charge in [0.05, 0.1) is 13.2 Å². The first-order chi connectivity index (χ1) is 24.7. The quantitative estimate of drug-likeness (QED) is 0.0262. The zero-order chi connectivity index (χ0) is 37.7. The van der Waals surface area contributed by atoms with Crippen molar-refractivity contribution >= 4 is 19.8 Å². The maximum atomic E-state index is 12.6. The Morgan fingerprint density at radius 1 is 0.588 bits per heavy atom. The van der Waals surface area contributed by atoms with E-state index < -0.39 is 26.5 Å². The molecule has 0 aromatic rings. The summed E-state index contributed by atoms with van der Waals surface area (Å²) in [6, 6.07) is 0. The van der Waals surface area contributed by atoms with E-state index in [1.165, 1.54) is 109 Å². The van der Waals surface area contributed by atoms with Gasteiger partial charge in [0.25, 0.3) is 7.82 Å². The Hall–Kier alpha value is -1.25. The number of unbranched alkanes of at least 4 members (excludes halogenated alkanes) is 23. The number of rotatable bonds is 39. The fourth-order valence-electron chi connectivity index (χ4n) is 5.79. The van der Waals surface area contributed by atoms with E-state index in [1.807, 2.05) is 0 Å². The van der Waals surface area contributed by atoms with Crippen LogP contribution in [-0.2, 0) is 32.7 Å². The van der Waals surface area contributed by atoms with E-state index in [0.29, 0.717) is 13.0 Å². The van der Waals surface area contributed by atoms with Crippen LogP contribution in [0.4, 0.5) is 0 Å². The molecule has 0 spiro atoms. The normalized spacial score (nSPS) is 13.5. The van der Waals surface area contributed by atoms with Crippen LogP contribution in [-0.4, -0.2) is 63.4 Å². The van der Waals surface area contributed by atoms with E-state index >= 15 is 0 Å². The molecule has 0 aromatic heterocycles. The van der Waals surface area contributed by atoms with Crippen molar-refractivity contribution in [3.63, 3.8) is 0 Å². The van der Waals surface area contributed by atoms with Gasteiger partial charge < -0.3 is 28.3 Å². The molecule has 0 amide bonds. The Balaban J connectivity index is 4.31. The zero-order valence-electron chi connectivity index (χ0n) is 33.5. The van der Waals surface area contributed by atoms with Gasteiger partial charge in [-0.15, -0.1) is 0 Å². The fraction of sp³-hybridized carbons (Fsp3) is 0.902. The van der Waals surface area contributed by atoms with Crippen LogP contribution in [0.15, 0.2) is 12.2 Å². The van der Waals surface area contributed by atoms with Crippen LogP contribution in [0.1, 0.15) is 194 Å². The highest BCUT2D eigenvalue weighted by Gasteiger charge is 2.21. The number of ether oxygens (including phenoxy) is 2. The molecule has 302 valence electrons. The molecule has 0 aliphatic heterocycles. The second-order valence-electron chi connectivity index (χ2n) is 14.5. The van der Waals surface area contributed by atoms with E-state index in [1.54, 1.807) is 19.0 Å². The Bertz CT molecular complexity index is 869. The molecule has 10 heteroatoms. The van der Waals surface area contributed by atoms with Gasteiger partial charge in [-0.2, -0.15) is 0 Å². The van der Waals surface area contributed by atoms with Gasteiger partial charge in [0, 0.05) is 19.4 Å². The number of hydrogen-bond acceptors (Lipinski definition) is 9. The summed E-state index contributed by atoms with van der Waals surface area (Å²) in [7, 11) is -0.997. The molecule has 0 aliphatic carbocycles. The number of carbonyl (C=O) groups excluding carboxylic acids is 2. The molecule has 2 atom stereocenters. The number of nitrogens with zero attached hydrogens (tertiary/aromatic N) is 1. The van der Waals surface area contributed by atoms with Gasteiger partial charge in [-0.05, 0) is 52.6 Å². The van der Waals surface area contributed by atoms with Crippen molar-refractivity contribution in [2.75, 3.05) is 40.5 Å². The van der Waals surface area contributed by atoms with E-state index in [4.69, 9.17) is 18.5 Å². The minimum atomic E-state index is -4.60. The van der Waals surface area contributed by atoms with Gasteiger partial charge in [0.15, 0.2) is 6.10 Å². The van der Waals surface area contributed by atoms with Crippen LogP contribution >= 0.6 is 7.82 Å². The van der Waals surface area contributed by atoms with E-state index in [0.717, 1.165) is 51.4 Å². The first-order valence-electron chi connectivity index (χ1n) is 20.9. The predicted octanol–water partition coefficient (Wildman–Crippen LogP) is 11.0. The first-order valence-corrected chi connectivity index (χ1v) is 22.4. The number of phosphoric acid groups is 1. The molecule has 0 bridgehead atoms. The summed E-state index contributed by atoms with van der Waals surface area (Å²) in [5, 5.41) is 0. The zero-order valence-corrected chi connectivity index (χ0v) is 34.4. The molecule has 0 saturated carbocycles. The van der Waals surface area contributed by atoms with Crippen molar-refractivity contribution in [1.82, 2.24) is 4.90 Å². The second kappa shape index (κ2) is 37.1. The SMILES string of the molecule is CCCCCCCC/C=C\CCCCCCCC(=O)O[C@H](COC(=O)CCCCCCCCCCCCCCC)COP(=O)([O-])OCCN(C)C. The number of hydrogen-bond donors (Lipinski definition) is 0. The number of likely N-dealkylation sites (N-methyl/N-ethyl adjacent to an activating group) is 1. The van der Waals surface area contributed by atoms with Crippen molar-refractivity contribution in [3.05, 3.63) is 12.2 Å². The van der Waals surface area contributed by atoms with E-state index in [2.05, 4.69) is 26.0 Å². The molecule has 0 N–H and O–H groups in total. The number of carbonyl (C=O) groups is 2. The molecule has 1 unspecified atom stereocenters. The lowest BCUT2D eigenvalue weighted by atomic mass is 10.0. The number of allylic oxidation sites excluding steroid dienone is 2. The summed E-state index contributed by atoms with van der Waals surface area (Å²) in [6.45, 7) is 4.12. The molecule has 0 heterocycles. The molecule has 0 rings (SSSR count). The summed E-state index contributed by atoms with van der Waals surface area (Å²) in [5.74, 6) is -0.841. The average Bonchev–Trinajstić information content (AvgIpc) is 3.09. The molecule has 0 aliphatic rings. The maximum Gasteiger partial charge on any atom is 0.306 e. The predicted molar refractivity (Wildman–Crippen MR) is 209 cm³/mol. The standard InChI is InChI=1S/C41H80NO8P/c1-5-7-9-11-13-15-17-19-20-22-24-26-28-30-32-34-41(44)50-39(38-49-51(45,46)48-36-35-42(3)4)37-47-40(43)33-31-29-27-25-23-21-18-16-14-12-10-8-6-2/h19-20,39H,5-18,21-38H2,1-4H3,(H,45,46)/p-1/b20-19-/t39-/m1/s1. The van der Waals surface area contributed by atoms with Crippen LogP contribution < -0.4 is 4.89 Å². The highest BCUT2D eigenvalue weighted by Crippen LogP contribution is 2.38. The van der Waals surface area contributed by atoms with E-state index in [-0.39, 0.29) is 32.0 Å². The minimum absolute atomic E-state index is 0.0537. The molecular weight excluding hydrogens is 665 g/mol. The van der Waals surface area contributed by atoms with Crippen LogP contribution in [0, 0.1) is 0 Å². The van der Waals surface area contributed by atoms with Gasteiger partial charge in [0.2, 0.25) is 0 Å². The first kappa shape index (κ1) is 49.8. The van der Waals surface area contributed by atoms with Gasteiger partial charge in [-0.3, -0.25) is 14.2 Å². The van der Waals surface area contributed by atoms with Gasteiger partial charge in [-0.1, -0.05) is 154 Å². The lowest BCUT2D eigenvalue weighted by Gasteiger charge is -2.26. The molecule has 51 heavy (non-hydrogen) atoms. The van der Waals surface area contributed by atoms with Crippen molar-refractivity contribution in [3.8, 4) is 0 Å². The molecule has 0 saturated heterocycles. The largest absolute Gasteiger partial charge is 0.756 e. The summed E-state index contributed by atoms with van der Waals surface area (Å²) in [6.07, 6.45) is 35.1. The van der Waals surface area contributed by atoms with Gasteiger partial charge in [-0.25, -0.2) is 0 Å². The summed E-state index contributed by atoms with van der Waals surface area (Å²) in [4.78, 5) is 39.0. The molecule has 0 fully saturated rings. The maximum absolute atomic E-state index is 12.6. The van der Waals surface area contributed by atoms with Crippen LogP contribution in [0.5, 0.6) is 0 Å². The lowest BCUT2D eigenvalue weighted by Crippen LogP contribution is -2.30. The third kappa shape index (κ3) is 38.3. The highest BCUT2D eigenvalue weighted by molar-refractivity contribution is 7.45. The summed E-state index contributed by atoms with van der Waals surface area (Å²) >= 11 is 0. The van der Waals surface area contributed by atoms with Crippen LogP contribution in [0.2, 0.25) is 0 Å². The fourth-order valence-corrected chi connectivity index (χ4v) is 6.52. The van der Waals surface area contributed by atoms with Crippen LogP contribution in [0.3, 0.4) is 0 Å². The Labute approximate surface area is 314 Å². The third-order valence-electron chi connectivity index (χ3n) is 9.06. The van der Waals surface area contributed by atoms with Gasteiger partial charge >= 0.3 is 11.9 Å². The van der Waals surface area contributed by atoms with E-state index in [9.17, 15) is 19.0 Å². The monoisotopic (exact) mass is 745 g/mol.